The van der Waals surface area contributed by atoms with Crippen LogP contribution >= 0.6 is 19.2 Å². The lowest BCUT2D eigenvalue weighted by Gasteiger charge is -2.08. The van der Waals surface area contributed by atoms with Crippen molar-refractivity contribution in [3.8, 4) is 11.5 Å². The molecule has 0 radical (unpaired) electrons. The van der Waals surface area contributed by atoms with Gasteiger partial charge in [-0.25, -0.2) is 0 Å². The number of methoxy groups -OCH3 is 2. The van der Waals surface area contributed by atoms with Gasteiger partial charge in [0.25, 0.3) is 0 Å². The highest BCUT2D eigenvalue weighted by atomic mass is 35.5. The van der Waals surface area contributed by atoms with E-state index in [9.17, 15) is 4.57 Å². The van der Waals surface area contributed by atoms with Crippen LogP contribution in [0.4, 0.5) is 0 Å². The summed E-state index contributed by atoms with van der Waals surface area (Å²) < 4.78 is 20.8. The van der Waals surface area contributed by atoms with E-state index >= 15 is 0 Å². The molecular weight excluding hydrogens is 267 g/mol. The smallest absolute Gasteiger partial charge is 0.350 e. The fraction of sp³-hybridized carbons (Fsp3) is 0.200. The Hall–Kier alpha value is -1.00. The quantitative estimate of drug-likeness (QED) is 0.827. The predicted octanol–water partition coefficient (Wildman–Crippen LogP) is 2.42. The maximum absolute atomic E-state index is 10.8. The van der Waals surface area contributed by atoms with Gasteiger partial charge in [-0.3, -0.25) is 4.57 Å². The molecule has 5 nitrogen and oxygen atoms in total. The lowest BCUT2D eigenvalue weighted by Crippen LogP contribution is -1.89. The van der Waals surface area contributed by atoms with Crippen LogP contribution in [-0.4, -0.2) is 24.0 Å². The van der Waals surface area contributed by atoms with E-state index in [1.807, 2.05) is 0 Å². The maximum Gasteiger partial charge on any atom is 0.350 e. The molecule has 0 aliphatic carbocycles. The Labute approximate surface area is 104 Å². The van der Waals surface area contributed by atoms with Gasteiger partial charge in [-0.05, 0) is 12.1 Å². The minimum absolute atomic E-state index is 0.0597. The van der Waals surface area contributed by atoms with E-state index in [2.05, 4.69) is 0 Å². The summed E-state index contributed by atoms with van der Waals surface area (Å²) in [5, 5.41) is -0.0597. The summed E-state index contributed by atoms with van der Waals surface area (Å²) in [4.78, 5) is 17.6. The summed E-state index contributed by atoms with van der Waals surface area (Å²) in [5.74, 6) is 1.65. The third-order valence-corrected chi connectivity index (χ3v) is 2.98. The van der Waals surface area contributed by atoms with E-state index in [1.54, 1.807) is 18.2 Å². The minimum atomic E-state index is -4.31. The molecular formula is C10H12ClO5P. The second-order valence-electron chi connectivity index (χ2n) is 3.17. The van der Waals surface area contributed by atoms with Crippen LogP contribution in [0.15, 0.2) is 24.0 Å². The topological polar surface area (TPSA) is 76.0 Å². The third kappa shape index (κ3) is 4.40. The number of ether oxygens (including phenoxy) is 2. The Morgan fingerprint density at radius 1 is 1.24 bits per heavy atom. The minimum Gasteiger partial charge on any atom is -0.497 e. The lowest BCUT2D eigenvalue weighted by atomic mass is 10.2. The van der Waals surface area contributed by atoms with E-state index in [4.69, 9.17) is 30.9 Å². The third-order valence-electron chi connectivity index (χ3n) is 1.91. The van der Waals surface area contributed by atoms with Gasteiger partial charge in [-0.2, -0.15) is 0 Å². The first-order valence-electron chi connectivity index (χ1n) is 4.53. The Balaban J connectivity index is 3.22. The van der Waals surface area contributed by atoms with Crippen molar-refractivity contribution in [2.45, 2.75) is 0 Å². The lowest BCUT2D eigenvalue weighted by molar-refractivity contribution is 0.386. The molecule has 0 aliphatic heterocycles. The molecule has 2 N–H and O–H groups in total. The summed E-state index contributed by atoms with van der Waals surface area (Å²) in [7, 11) is -1.37. The number of benzene rings is 1. The van der Waals surface area contributed by atoms with Crippen LogP contribution in [0.25, 0.3) is 5.03 Å². The maximum atomic E-state index is 10.8. The molecule has 1 aromatic carbocycles. The standard InChI is InChI=1S/C10H12ClO5P/c1-15-8-3-7(4-9(5-8)16-2)10(11)6-17(12,13)14/h3-6H,1-2H3,(H2,12,13,14). The van der Waals surface area contributed by atoms with Crippen molar-refractivity contribution in [2.24, 2.45) is 0 Å². The number of hydrogen-bond acceptors (Lipinski definition) is 3. The number of rotatable bonds is 4. The van der Waals surface area contributed by atoms with Gasteiger partial charge in [0, 0.05) is 17.4 Å². The first-order valence-corrected chi connectivity index (χ1v) is 6.58. The molecule has 0 amide bonds. The second kappa shape index (κ2) is 5.56. The second-order valence-corrected chi connectivity index (χ2v) is 5.01. The van der Waals surface area contributed by atoms with E-state index in [1.165, 1.54) is 14.2 Å². The molecule has 0 saturated heterocycles. The van der Waals surface area contributed by atoms with Gasteiger partial charge in [-0.1, -0.05) is 11.6 Å². The van der Waals surface area contributed by atoms with Gasteiger partial charge < -0.3 is 19.3 Å². The Bertz CT molecular complexity index is 457. The molecule has 0 bridgehead atoms. The van der Waals surface area contributed by atoms with Crippen LogP contribution in [0.5, 0.6) is 11.5 Å². The van der Waals surface area contributed by atoms with Gasteiger partial charge >= 0.3 is 7.60 Å². The molecule has 17 heavy (non-hydrogen) atoms. The van der Waals surface area contributed by atoms with Crippen molar-refractivity contribution >= 4 is 24.2 Å². The van der Waals surface area contributed by atoms with Crippen LogP contribution in [0.2, 0.25) is 0 Å². The van der Waals surface area contributed by atoms with Crippen LogP contribution < -0.4 is 9.47 Å². The zero-order valence-corrected chi connectivity index (χ0v) is 10.9. The summed E-state index contributed by atoms with van der Waals surface area (Å²) in [6, 6.07) is 4.74. The van der Waals surface area contributed by atoms with Crippen molar-refractivity contribution in [2.75, 3.05) is 14.2 Å². The molecule has 1 aromatic rings. The van der Waals surface area contributed by atoms with Crippen molar-refractivity contribution in [1.29, 1.82) is 0 Å². The van der Waals surface area contributed by atoms with Gasteiger partial charge in [0.15, 0.2) is 0 Å². The predicted molar refractivity (Wildman–Crippen MR) is 65.4 cm³/mol. The van der Waals surface area contributed by atoms with Crippen molar-refractivity contribution in [3.05, 3.63) is 29.6 Å². The highest BCUT2D eigenvalue weighted by Gasteiger charge is 2.12. The SMILES string of the molecule is COc1cc(OC)cc(C(Cl)=CP(=O)(O)O)c1. The van der Waals surface area contributed by atoms with Crippen LogP contribution in [0, 0.1) is 0 Å². The van der Waals surface area contributed by atoms with Crippen LogP contribution in [0.1, 0.15) is 5.56 Å². The van der Waals surface area contributed by atoms with Gasteiger partial charge in [0.1, 0.15) is 11.5 Å². The summed E-state index contributed by atoms with van der Waals surface area (Å²) in [5.41, 5.74) is 0.409. The van der Waals surface area contributed by atoms with E-state index < -0.39 is 7.60 Å². The van der Waals surface area contributed by atoms with Gasteiger partial charge in [0.05, 0.1) is 19.3 Å². The fourth-order valence-electron chi connectivity index (χ4n) is 1.17. The number of halogens is 1. The zero-order chi connectivity index (χ0) is 13.1. The monoisotopic (exact) mass is 278 g/mol. The highest BCUT2D eigenvalue weighted by molar-refractivity contribution is 7.55. The Morgan fingerprint density at radius 2 is 1.71 bits per heavy atom. The normalized spacial score (nSPS) is 12.4. The van der Waals surface area contributed by atoms with Crippen molar-refractivity contribution in [3.63, 3.8) is 0 Å². The molecule has 7 heteroatoms. The highest BCUT2D eigenvalue weighted by Crippen LogP contribution is 2.41. The zero-order valence-electron chi connectivity index (χ0n) is 9.25. The van der Waals surface area contributed by atoms with E-state index in [0.29, 0.717) is 22.9 Å². The summed E-state index contributed by atoms with van der Waals surface area (Å²) in [6.07, 6.45) is 0. The molecule has 94 valence electrons. The van der Waals surface area contributed by atoms with Crippen LogP contribution in [0.3, 0.4) is 0 Å². The molecule has 0 aromatic heterocycles. The van der Waals surface area contributed by atoms with Crippen LogP contribution in [-0.2, 0) is 4.57 Å². The molecule has 0 spiro atoms. The summed E-state index contributed by atoms with van der Waals surface area (Å²) >= 11 is 5.81. The van der Waals surface area contributed by atoms with E-state index in [0.717, 1.165) is 0 Å². The average molecular weight is 279 g/mol. The molecule has 0 fully saturated rings. The fourth-order valence-corrected chi connectivity index (χ4v) is 2.10. The largest absolute Gasteiger partial charge is 0.497 e. The van der Waals surface area contributed by atoms with Gasteiger partial charge in [-0.15, -0.1) is 0 Å². The van der Waals surface area contributed by atoms with Gasteiger partial charge in [0.2, 0.25) is 0 Å². The Morgan fingerprint density at radius 3 is 2.06 bits per heavy atom. The average Bonchev–Trinajstić information content (AvgIpc) is 2.26. The first kappa shape index (κ1) is 14.1. The van der Waals surface area contributed by atoms with Crippen molar-refractivity contribution < 1.29 is 23.8 Å². The molecule has 0 heterocycles. The number of hydrogen-bond donors (Lipinski definition) is 2. The molecule has 0 aliphatic rings. The van der Waals surface area contributed by atoms with E-state index in [-0.39, 0.29) is 5.03 Å². The molecule has 0 saturated carbocycles. The van der Waals surface area contributed by atoms with Crippen molar-refractivity contribution in [1.82, 2.24) is 0 Å². The first-order chi connectivity index (χ1) is 7.85. The molecule has 0 atom stereocenters. The Kier molecular flexibility index (Phi) is 4.60. The summed E-state index contributed by atoms with van der Waals surface area (Å²) in [6.45, 7) is 0. The molecule has 1 rings (SSSR count). The molecule has 0 unspecified atom stereocenters.